The maximum absolute atomic E-state index is 5.27. The molecule has 0 radical (unpaired) electrons. The standard InChI is InChI=1S/C56H35N5/c1-5-17-36(18-6-1)52-48-34-32-45-44-30-29-39(35-50(44)61(40-23-11-4-12-24-40)53(45)51(48)47-27-15-16-28-49(47)57-52)41-31-33-46(43-26-14-13-25-42(41)43)56-59-54(37-19-7-2-8-20-37)58-55(60-56)38-21-9-3-10-22-38/h1-35H. The van der Waals surface area contributed by atoms with Gasteiger partial charge in [0.25, 0.3) is 0 Å². The van der Waals surface area contributed by atoms with Gasteiger partial charge in [0.2, 0.25) is 0 Å². The predicted octanol–water partition coefficient (Wildman–Crippen LogP) is 14.2. The molecule has 3 aromatic heterocycles. The predicted molar refractivity (Wildman–Crippen MR) is 252 cm³/mol. The van der Waals surface area contributed by atoms with Crippen LogP contribution in [0.3, 0.4) is 0 Å². The van der Waals surface area contributed by atoms with E-state index in [1.165, 1.54) is 21.7 Å². The van der Waals surface area contributed by atoms with Crippen LogP contribution in [0.1, 0.15) is 0 Å². The van der Waals surface area contributed by atoms with E-state index in [1.54, 1.807) is 0 Å². The zero-order chi connectivity index (χ0) is 40.3. The highest BCUT2D eigenvalue weighted by atomic mass is 15.0. The summed E-state index contributed by atoms with van der Waals surface area (Å²) < 4.78 is 2.45. The number of hydrogen-bond donors (Lipinski definition) is 0. The van der Waals surface area contributed by atoms with E-state index in [1.807, 2.05) is 60.7 Å². The average Bonchev–Trinajstić information content (AvgIpc) is 3.68. The van der Waals surface area contributed by atoms with Gasteiger partial charge in [-0.3, -0.25) is 0 Å². The number of aromatic nitrogens is 5. The normalized spacial score (nSPS) is 11.6. The molecular formula is C56H35N5. The Kier molecular flexibility index (Phi) is 8.10. The molecular weight excluding hydrogens is 743 g/mol. The van der Waals surface area contributed by atoms with Crippen molar-refractivity contribution in [3.63, 3.8) is 0 Å². The molecule has 0 atom stereocenters. The summed E-state index contributed by atoms with van der Waals surface area (Å²) in [5.41, 5.74) is 11.6. The lowest BCUT2D eigenvalue weighted by atomic mass is 9.94. The van der Waals surface area contributed by atoms with Gasteiger partial charge in [-0.15, -0.1) is 0 Å². The van der Waals surface area contributed by atoms with Crippen LogP contribution in [-0.4, -0.2) is 24.5 Å². The van der Waals surface area contributed by atoms with E-state index >= 15 is 0 Å². The Hall–Kier alpha value is -8.28. The Bertz CT molecular complexity index is 3560. The molecule has 0 amide bonds. The van der Waals surface area contributed by atoms with Gasteiger partial charge < -0.3 is 4.57 Å². The first-order chi connectivity index (χ1) is 30.3. The van der Waals surface area contributed by atoms with Crippen LogP contribution in [0, 0.1) is 0 Å². The number of pyridine rings is 1. The van der Waals surface area contributed by atoms with Crippen LogP contribution < -0.4 is 0 Å². The largest absolute Gasteiger partial charge is 0.309 e. The molecule has 0 saturated heterocycles. The SMILES string of the molecule is c1ccc(-c2nc(-c3ccccc3)nc(-c3ccc(-c4ccc5c6ccc7c(-c8ccccc8)nc8ccccc8c7c6n(-c6ccccc6)c5c4)c4ccccc34)n2)cc1. The third-order valence-corrected chi connectivity index (χ3v) is 11.8. The Morgan fingerprint density at radius 2 is 0.820 bits per heavy atom. The minimum Gasteiger partial charge on any atom is -0.309 e. The van der Waals surface area contributed by atoms with Gasteiger partial charge in [-0.2, -0.15) is 0 Å². The lowest BCUT2D eigenvalue weighted by Gasteiger charge is -2.15. The smallest absolute Gasteiger partial charge is 0.164 e. The molecule has 0 fully saturated rings. The second-order valence-corrected chi connectivity index (χ2v) is 15.4. The molecule has 0 aliphatic carbocycles. The van der Waals surface area contributed by atoms with Crippen molar-refractivity contribution >= 4 is 54.3 Å². The molecule has 5 heteroatoms. The Labute approximate surface area is 351 Å². The van der Waals surface area contributed by atoms with Gasteiger partial charge in [0.15, 0.2) is 17.5 Å². The van der Waals surface area contributed by atoms with E-state index in [0.717, 1.165) is 77.3 Å². The molecule has 0 aliphatic heterocycles. The molecule has 0 unspecified atom stereocenters. The van der Waals surface area contributed by atoms with Gasteiger partial charge in [-0.1, -0.05) is 182 Å². The van der Waals surface area contributed by atoms with Crippen LogP contribution >= 0.6 is 0 Å². The van der Waals surface area contributed by atoms with E-state index in [-0.39, 0.29) is 0 Å². The fourth-order valence-electron chi connectivity index (χ4n) is 9.04. The quantitative estimate of drug-likeness (QED) is 0.158. The van der Waals surface area contributed by atoms with Crippen molar-refractivity contribution in [2.45, 2.75) is 0 Å². The molecule has 284 valence electrons. The van der Waals surface area contributed by atoms with E-state index in [4.69, 9.17) is 19.9 Å². The van der Waals surface area contributed by atoms with Gasteiger partial charge in [0.05, 0.1) is 22.2 Å². The monoisotopic (exact) mass is 777 g/mol. The van der Waals surface area contributed by atoms with Crippen molar-refractivity contribution in [1.82, 2.24) is 24.5 Å². The molecule has 0 spiro atoms. The van der Waals surface area contributed by atoms with Gasteiger partial charge in [-0.25, -0.2) is 19.9 Å². The molecule has 12 rings (SSSR count). The minimum absolute atomic E-state index is 0.638. The Balaban J connectivity index is 1.10. The summed E-state index contributed by atoms with van der Waals surface area (Å²) in [6, 6.07) is 74.6. The molecule has 61 heavy (non-hydrogen) atoms. The highest BCUT2D eigenvalue weighted by molar-refractivity contribution is 6.27. The van der Waals surface area contributed by atoms with Crippen molar-refractivity contribution in [2.75, 3.05) is 0 Å². The Morgan fingerprint density at radius 3 is 1.49 bits per heavy atom. The molecule has 0 N–H and O–H groups in total. The van der Waals surface area contributed by atoms with Gasteiger partial charge in [-0.05, 0) is 52.2 Å². The lowest BCUT2D eigenvalue weighted by Crippen LogP contribution is -2.00. The molecule has 0 saturated carbocycles. The summed E-state index contributed by atoms with van der Waals surface area (Å²) in [6.45, 7) is 0. The maximum Gasteiger partial charge on any atom is 0.164 e. The summed E-state index contributed by atoms with van der Waals surface area (Å²) in [4.78, 5) is 20.4. The van der Waals surface area contributed by atoms with Crippen molar-refractivity contribution < 1.29 is 0 Å². The van der Waals surface area contributed by atoms with Crippen LogP contribution in [0.4, 0.5) is 0 Å². The number of rotatable bonds is 6. The van der Waals surface area contributed by atoms with Gasteiger partial charge >= 0.3 is 0 Å². The van der Waals surface area contributed by atoms with Crippen LogP contribution in [0.2, 0.25) is 0 Å². The summed E-state index contributed by atoms with van der Waals surface area (Å²) in [5, 5.41) is 8.05. The van der Waals surface area contributed by atoms with E-state index in [2.05, 4.69) is 156 Å². The first kappa shape index (κ1) is 34.7. The van der Waals surface area contributed by atoms with E-state index < -0.39 is 0 Å². The molecule has 0 bridgehead atoms. The van der Waals surface area contributed by atoms with Crippen molar-refractivity contribution in [3.8, 4) is 62.2 Å². The Morgan fingerprint density at radius 1 is 0.311 bits per heavy atom. The molecule has 0 aliphatic rings. The summed E-state index contributed by atoms with van der Waals surface area (Å²) >= 11 is 0. The number of nitrogens with zero attached hydrogens (tertiary/aromatic N) is 5. The van der Waals surface area contributed by atoms with Gasteiger partial charge in [0.1, 0.15) is 0 Å². The van der Waals surface area contributed by atoms with Crippen molar-refractivity contribution in [3.05, 3.63) is 212 Å². The van der Waals surface area contributed by atoms with Crippen molar-refractivity contribution in [1.29, 1.82) is 0 Å². The first-order valence-electron chi connectivity index (χ1n) is 20.6. The molecule has 5 nitrogen and oxygen atoms in total. The zero-order valence-corrected chi connectivity index (χ0v) is 32.9. The van der Waals surface area contributed by atoms with Crippen molar-refractivity contribution in [2.24, 2.45) is 0 Å². The summed E-state index contributed by atoms with van der Waals surface area (Å²) in [5.74, 6) is 1.92. The number of benzene rings is 9. The number of hydrogen-bond acceptors (Lipinski definition) is 4. The molecule has 3 heterocycles. The highest BCUT2D eigenvalue weighted by Crippen LogP contribution is 2.44. The molecule has 9 aromatic carbocycles. The van der Waals surface area contributed by atoms with Crippen LogP contribution in [0.25, 0.3) is 116 Å². The first-order valence-corrected chi connectivity index (χ1v) is 20.6. The number of fused-ring (bicyclic) bond motifs is 8. The lowest BCUT2D eigenvalue weighted by molar-refractivity contribution is 1.08. The van der Waals surface area contributed by atoms with Crippen LogP contribution in [-0.2, 0) is 0 Å². The third-order valence-electron chi connectivity index (χ3n) is 11.8. The summed E-state index contributed by atoms with van der Waals surface area (Å²) in [7, 11) is 0. The fourth-order valence-corrected chi connectivity index (χ4v) is 9.04. The van der Waals surface area contributed by atoms with Crippen LogP contribution in [0.5, 0.6) is 0 Å². The minimum atomic E-state index is 0.638. The third kappa shape index (κ3) is 5.78. The maximum atomic E-state index is 5.27. The van der Waals surface area contributed by atoms with Crippen LogP contribution in [0.15, 0.2) is 212 Å². The topological polar surface area (TPSA) is 56.5 Å². The van der Waals surface area contributed by atoms with E-state index in [9.17, 15) is 0 Å². The van der Waals surface area contributed by atoms with E-state index in [0.29, 0.717) is 17.5 Å². The second kappa shape index (κ2) is 14.2. The second-order valence-electron chi connectivity index (χ2n) is 15.4. The molecule has 12 aromatic rings. The van der Waals surface area contributed by atoms with Gasteiger partial charge in [0, 0.05) is 54.9 Å². The zero-order valence-electron chi connectivity index (χ0n) is 32.9. The number of para-hydroxylation sites is 2. The fraction of sp³-hybridized carbons (Fsp3) is 0. The average molecular weight is 778 g/mol. The summed E-state index contributed by atoms with van der Waals surface area (Å²) in [6.07, 6.45) is 0. The highest BCUT2D eigenvalue weighted by Gasteiger charge is 2.21.